The zero-order chi connectivity index (χ0) is 13.0. The molecule has 0 fully saturated rings. The van der Waals surface area contributed by atoms with Crippen LogP contribution < -0.4 is 5.32 Å². The van der Waals surface area contributed by atoms with E-state index in [0.717, 1.165) is 34.4 Å². The summed E-state index contributed by atoms with van der Waals surface area (Å²) in [5, 5.41) is 7.79. The van der Waals surface area contributed by atoms with Crippen molar-refractivity contribution in [1.29, 1.82) is 0 Å². The summed E-state index contributed by atoms with van der Waals surface area (Å²) in [6.07, 6.45) is 5.61. The first-order valence-electron chi connectivity index (χ1n) is 5.63. The third kappa shape index (κ3) is 3.27. The van der Waals surface area contributed by atoms with E-state index in [1.807, 2.05) is 36.3 Å². The molecule has 0 radical (unpaired) electrons. The van der Waals surface area contributed by atoms with Crippen LogP contribution in [0.5, 0.6) is 0 Å². The van der Waals surface area contributed by atoms with Gasteiger partial charge in [-0.05, 0) is 12.1 Å². The van der Waals surface area contributed by atoms with Gasteiger partial charge in [0.25, 0.3) is 0 Å². The molecule has 0 unspecified atom stereocenters. The van der Waals surface area contributed by atoms with E-state index in [0.29, 0.717) is 0 Å². The van der Waals surface area contributed by atoms with Crippen LogP contribution in [0.25, 0.3) is 11.3 Å². The molecule has 0 saturated heterocycles. The molecule has 0 saturated carbocycles. The van der Waals surface area contributed by atoms with E-state index in [1.54, 1.807) is 6.20 Å². The van der Waals surface area contributed by atoms with Crippen LogP contribution >= 0.6 is 15.9 Å². The SMILES string of the molecule is C=C(Br)CNCc1cn(C)nc1-c1cccnc1. The highest BCUT2D eigenvalue weighted by molar-refractivity contribution is 9.11. The van der Waals surface area contributed by atoms with Gasteiger partial charge in [-0.2, -0.15) is 5.10 Å². The topological polar surface area (TPSA) is 42.7 Å². The first-order valence-corrected chi connectivity index (χ1v) is 6.43. The van der Waals surface area contributed by atoms with Gasteiger partial charge in [-0.3, -0.25) is 9.67 Å². The van der Waals surface area contributed by atoms with Gasteiger partial charge in [0.05, 0.1) is 5.69 Å². The Labute approximate surface area is 115 Å². The standard InChI is InChI=1S/C13H15BrN4/c1-10(14)6-16-8-12-9-18(2)17-13(12)11-4-3-5-15-7-11/h3-5,7,9,16H,1,6,8H2,2H3. The van der Waals surface area contributed by atoms with E-state index < -0.39 is 0 Å². The van der Waals surface area contributed by atoms with Crippen molar-refractivity contribution in [2.45, 2.75) is 6.54 Å². The number of hydrogen-bond acceptors (Lipinski definition) is 3. The lowest BCUT2D eigenvalue weighted by atomic mass is 10.1. The lowest BCUT2D eigenvalue weighted by molar-refractivity contribution is 0.748. The van der Waals surface area contributed by atoms with Crippen LogP contribution in [0, 0.1) is 0 Å². The van der Waals surface area contributed by atoms with Crippen molar-refractivity contribution in [3.8, 4) is 11.3 Å². The van der Waals surface area contributed by atoms with Gasteiger partial charge < -0.3 is 5.32 Å². The van der Waals surface area contributed by atoms with Crippen molar-refractivity contribution >= 4 is 15.9 Å². The molecule has 0 amide bonds. The van der Waals surface area contributed by atoms with Crippen molar-refractivity contribution in [2.24, 2.45) is 7.05 Å². The summed E-state index contributed by atoms with van der Waals surface area (Å²) in [5.74, 6) is 0. The molecule has 2 heterocycles. The molecular weight excluding hydrogens is 292 g/mol. The third-order valence-electron chi connectivity index (χ3n) is 2.47. The molecule has 0 atom stereocenters. The average Bonchev–Trinajstić information content (AvgIpc) is 2.71. The first kappa shape index (κ1) is 13.0. The maximum Gasteiger partial charge on any atom is 0.0983 e. The van der Waals surface area contributed by atoms with Crippen LogP contribution in [0.2, 0.25) is 0 Å². The maximum absolute atomic E-state index is 4.48. The number of halogens is 1. The van der Waals surface area contributed by atoms with Gasteiger partial charge >= 0.3 is 0 Å². The molecule has 0 aliphatic rings. The fraction of sp³-hybridized carbons (Fsp3) is 0.231. The molecule has 0 bridgehead atoms. The molecule has 5 heteroatoms. The maximum atomic E-state index is 4.48. The van der Waals surface area contributed by atoms with Gasteiger partial charge in [0.15, 0.2) is 0 Å². The molecule has 0 spiro atoms. The summed E-state index contributed by atoms with van der Waals surface area (Å²) in [6.45, 7) is 5.29. The van der Waals surface area contributed by atoms with Crippen LogP contribution in [0.4, 0.5) is 0 Å². The predicted octanol–water partition coefficient (Wildman–Crippen LogP) is 2.48. The van der Waals surface area contributed by atoms with Gasteiger partial charge in [0, 0.05) is 54.3 Å². The molecule has 0 aliphatic heterocycles. The molecule has 4 nitrogen and oxygen atoms in total. The van der Waals surface area contributed by atoms with Gasteiger partial charge in [0.1, 0.15) is 0 Å². The highest BCUT2D eigenvalue weighted by Crippen LogP contribution is 2.20. The van der Waals surface area contributed by atoms with Crippen LogP contribution in [0.1, 0.15) is 5.56 Å². The number of rotatable bonds is 5. The van der Waals surface area contributed by atoms with Gasteiger partial charge in [-0.15, -0.1) is 0 Å². The Morgan fingerprint density at radius 3 is 3.06 bits per heavy atom. The van der Waals surface area contributed by atoms with E-state index in [-0.39, 0.29) is 0 Å². The summed E-state index contributed by atoms with van der Waals surface area (Å²) in [4.78, 5) is 4.13. The lowest BCUT2D eigenvalue weighted by Crippen LogP contribution is -2.14. The van der Waals surface area contributed by atoms with Gasteiger partial charge in [0.2, 0.25) is 0 Å². The van der Waals surface area contributed by atoms with Gasteiger partial charge in [-0.25, -0.2) is 0 Å². The second-order valence-electron chi connectivity index (χ2n) is 4.04. The van der Waals surface area contributed by atoms with E-state index >= 15 is 0 Å². The van der Waals surface area contributed by atoms with Crippen LogP contribution in [0.3, 0.4) is 0 Å². The number of aromatic nitrogens is 3. The van der Waals surface area contributed by atoms with Crippen molar-refractivity contribution in [2.75, 3.05) is 6.54 Å². The Kier molecular flexibility index (Phi) is 4.28. The van der Waals surface area contributed by atoms with Crippen LogP contribution in [-0.4, -0.2) is 21.3 Å². The molecule has 0 aliphatic carbocycles. The van der Waals surface area contributed by atoms with Gasteiger partial charge in [-0.1, -0.05) is 22.5 Å². The average molecular weight is 307 g/mol. The summed E-state index contributed by atoms with van der Waals surface area (Å²) in [6, 6.07) is 3.93. The quantitative estimate of drug-likeness (QED) is 0.923. The Hall–Kier alpha value is -1.46. The highest BCUT2D eigenvalue weighted by Gasteiger charge is 2.09. The predicted molar refractivity (Wildman–Crippen MR) is 76.2 cm³/mol. The molecule has 2 aromatic heterocycles. The fourth-order valence-corrected chi connectivity index (χ4v) is 1.94. The smallest absolute Gasteiger partial charge is 0.0983 e. The molecule has 0 aromatic carbocycles. The second-order valence-corrected chi connectivity index (χ2v) is 5.16. The molecule has 94 valence electrons. The Morgan fingerprint density at radius 1 is 1.56 bits per heavy atom. The van der Waals surface area contributed by atoms with Crippen molar-refractivity contribution < 1.29 is 0 Å². The molecule has 2 rings (SSSR count). The Balaban J connectivity index is 2.18. The summed E-state index contributed by atoms with van der Waals surface area (Å²) in [5.41, 5.74) is 3.16. The zero-order valence-corrected chi connectivity index (χ0v) is 11.8. The minimum atomic E-state index is 0.737. The molecule has 18 heavy (non-hydrogen) atoms. The molecule has 1 N–H and O–H groups in total. The molecule has 2 aromatic rings. The highest BCUT2D eigenvalue weighted by atomic mass is 79.9. The second kappa shape index (κ2) is 5.93. The minimum Gasteiger partial charge on any atom is -0.308 e. The number of nitrogens with one attached hydrogen (secondary N) is 1. The summed E-state index contributed by atoms with van der Waals surface area (Å²) < 4.78 is 2.76. The molecular formula is C13H15BrN4. The minimum absolute atomic E-state index is 0.737. The summed E-state index contributed by atoms with van der Waals surface area (Å²) in [7, 11) is 1.92. The number of hydrogen-bond donors (Lipinski definition) is 1. The van der Waals surface area contributed by atoms with E-state index in [2.05, 4.69) is 37.9 Å². The summed E-state index contributed by atoms with van der Waals surface area (Å²) >= 11 is 3.33. The lowest BCUT2D eigenvalue weighted by Gasteiger charge is -2.03. The Morgan fingerprint density at radius 2 is 2.39 bits per heavy atom. The van der Waals surface area contributed by atoms with Crippen LogP contribution in [0.15, 0.2) is 41.8 Å². The van der Waals surface area contributed by atoms with E-state index in [9.17, 15) is 0 Å². The zero-order valence-electron chi connectivity index (χ0n) is 10.2. The first-order chi connectivity index (χ1) is 8.66. The largest absolute Gasteiger partial charge is 0.308 e. The number of nitrogens with zero attached hydrogens (tertiary/aromatic N) is 3. The Bertz CT molecular complexity index is 533. The van der Waals surface area contributed by atoms with Crippen LogP contribution in [-0.2, 0) is 13.6 Å². The third-order valence-corrected chi connectivity index (χ3v) is 2.75. The number of aryl methyl sites for hydroxylation is 1. The van der Waals surface area contributed by atoms with Crippen molar-refractivity contribution in [1.82, 2.24) is 20.1 Å². The monoisotopic (exact) mass is 306 g/mol. The van der Waals surface area contributed by atoms with Crippen molar-refractivity contribution in [3.63, 3.8) is 0 Å². The van der Waals surface area contributed by atoms with E-state index in [4.69, 9.17) is 0 Å². The number of pyridine rings is 1. The normalized spacial score (nSPS) is 10.6. The van der Waals surface area contributed by atoms with Crippen molar-refractivity contribution in [3.05, 3.63) is 47.3 Å². The van der Waals surface area contributed by atoms with E-state index in [1.165, 1.54) is 0 Å². The fourth-order valence-electron chi connectivity index (χ4n) is 1.75.